The predicted octanol–water partition coefficient (Wildman–Crippen LogP) is 6.76. The summed E-state index contributed by atoms with van der Waals surface area (Å²) in [4.78, 5) is 0. The highest BCUT2D eigenvalue weighted by Gasteiger charge is 2.08. The van der Waals surface area contributed by atoms with Crippen LogP contribution in [0.4, 0.5) is 0 Å². The molecule has 0 aliphatic heterocycles. The third-order valence-corrected chi connectivity index (χ3v) is 4.72. The van der Waals surface area contributed by atoms with E-state index in [4.69, 9.17) is 11.6 Å². The molecule has 0 unspecified atom stereocenters. The molecule has 138 valence electrons. The Hall–Kier alpha value is -2.05. The van der Waals surface area contributed by atoms with Crippen LogP contribution in [0.2, 0.25) is 5.02 Å². The molecule has 1 heteroatoms. The summed E-state index contributed by atoms with van der Waals surface area (Å²) in [7, 11) is 0. The fourth-order valence-electron chi connectivity index (χ4n) is 2.87. The van der Waals surface area contributed by atoms with Gasteiger partial charge in [0.15, 0.2) is 0 Å². The number of benzene rings is 1. The van der Waals surface area contributed by atoms with Gasteiger partial charge in [-0.05, 0) is 59.4 Å². The summed E-state index contributed by atoms with van der Waals surface area (Å²) in [5.41, 5.74) is 5.57. The van der Waals surface area contributed by atoms with Gasteiger partial charge in [0.25, 0.3) is 0 Å². The molecule has 0 saturated carbocycles. The molecule has 0 heterocycles. The molecule has 1 aromatic carbocycles. The highest BCUT2D eigenvalue weighted by atomic mass is 35.5. The Morgan fingerprint density at radius 2 is 1.77 bits per heavy atom. The standard InChI is InChI=1S/C22H23Cl.C3H8/c1-6-19-16(4)21(17(5)22(23)20(19)7-2)14-13-15(3)18-11-9-8-10-12-18;1-3-2/h6-7,9,11-14H,1-2,5,8,10H2,3-4H3;3H2,1-2H3/b15-13+,21-14-;. The van der Waals surface area contributed by atoms with Gasteiger partial charge in [0.2, 0.25) is 0 Å². The van der Waals surface area contributed by atoms with E-state index >= 15 is 0 Å². The molecule has 1 aliphatic rings. The molecule has 0 nitrogen and oxygen atoms in total. The van der Waals surface area contributed by atoms with Gasteiger partial charge in [-0.2, -0.15) is 0 Å². The second-order valence-corrected chi connectivity index (χ2v) is 6.81. The minimum Gasteiger partial charge on any atom is -0.0984 e. The average Bonchev–Trinajstić information content (AvgIpc) is 2.65. The molecule has 1 aliphatic carbocycles. The quantitative estimate of drug-likeness (QED) is 0.551. The van der Waals surface area contributed by atoms with Crippen molar-refractivity contribution >= 4 is 36.4 Å². The third-order valence-electron chi connectivity index (χ3n) is 4.28. The SMILES string of the molecule is C=Cc1c(C=C)c(C)/c(=C/C=C(\C)C2=CCCC=C2)c(=C)c1Cl.CCC. The Bertz CT molecular complexity index is 861. The van der Waals surface area contributed by atoms with Gasteiger partial charge < -0.3 is 0 Å². The van der Waals surface area contributed by atoms with E-state index < -0.39 is 0 Å². The van der Waals surface area contributed by atoms with Crippen molar-refractivity contribution in [1.29, 1.82) is 0 Å². The molecule has 0 N–H and O–H groups in total. The molecule has 0 saturated heterocycles. The van der Waals surface area contributed by atoms with Crippen molar-refractivity contribution < 1.29 is 0 Å². The number of hydrogen-bond donors (Lipinski definition) is 0. The Balaban J connectivity index is 0.00000105. The summed E-state index contributed by atoms with van der Waals surface area (Å²) in [6.45, 7) is 20.4. The lowest BCUT2D eigenvalue weighted by atomic mass is 9.96. The fraction of sp³-hybridized carbons (Fsp3) is 0.280. The first kappa shape index (κ1) is 22.0. The van der Waals surface area contributed by atoms with Crippen LogP contribution in [0.15, 0.2) is 48.6 Å². The van der Waals surface area contributed by atoms with Gasteiger partial charge in [0.05, 0.1) is 5.02 Å². The zero-order valence-corrected chi connectivity index (χ0v) is 17.4. The molecule has 2 rings (SSSR count). The maximum atomic E-state index is 6.47. The predicted molar refractivity (Wildman–Crippen MR) is 122 cm³/mol. The summed E-state index contributed by atoms with van der Waals surface area (Å²) < 4.78 is 0. The number of hydrogen-bond acceptors (Lipinski definition) is 0. The Labute approximate surface area is 164 Å². The van der Waals surface area contributed by atoms with Crippen molar-refractivity contribution in [3.8, 4) is 0 Å². The van der Waals surface area contributed by atoms with Gasteiger partial charge in [0.1, 0.15) is 0 Å². The molecular formula is C25H31Cl. The zero-order chi connectivity index (χ0) is 19.7. The molecule has 26 heavy (non-hydrogen) atoms. The molecule has 0 spiro atoms. The first-order valence-corrected chi connectivity index (χ1v) is 9.62. The summed E-state index contributed by atoms with van der Waals surface area (Å²) in [6, 6.07) is 0. The van der Waals surface area contributed by atoms with Crippen molar-refractivity contribution in [2.75, 3.05) is 0 Å². The summed E-state index contributed by atoms with van der Waals surface area (Å²) in [5.74, 6) is 0. The average molecular weight is 367 g/mol. The molecule has 0 atom stereocenters. The highest BCUT2D eigenvalue weighted by molar-refractivity contribution is 6.32. The monoisotopic (exact) mass is 366 g/mol. The normalized spacial score (nSPS) is 14.4. The summed E-state index contributed by atoms with van der Waals surface area (Å²) in [6.07, 6.45) is 18.0. The Kier molecular flexibility index (Phi) is 9.16. The Morgan fingerprint density at radius 1 is 1.15 bits per heavy atom. The Morgan fingerprint density at radius 3 is 2.27 bits per heavy atom. The van der Waals surface area contributed by atoms with Crippen LogP contribution >= 0.6 is 11.6 Å². The second kappa shape index (κ2) is 10.8. The summed E-state index contributed by atoms with van der Waals surface area (Å²) in [5, 5.41) is 2.53. The minimum atomic E-state index is 0.648. The van der Waals surface area contributed by atoms with Crippen LogP contribution in [0.25, 0.3) is 24.8 Å². The fourth-order valence-corrected chi connectivity index (χ4v) is 3.15. The van der Waals surface area contributed by atoms with E-state index in [9.17, 15) is 0 Å². The first-order valence-electron chi connectivity index (χ1n) is 9.24. The van der Waals surface area contributed by atoms with Crippen LogP contribution in [0.3, 0.4) is 0 Å². The van der Waals surface area contributed by atoms with Gasteiger partial charge >= 0.3 is 0 Å². The first-order chi connectivity index (χ1) is 12.4. The van der Waals surface area contributed by atoms with E-state index in [0.717, 1.165) is 40.0 Å². The second-order valence-electron chi connectivity index (χ2n) is 6.43. The van der Waals surface area contributed by atoms with Crippen LogP contribution < -0.4 is 10.4 Å². The molecule has 1 aromatic rings. The van der Waals surface area contributed by atoms with Gasteiger partial charge in [-0.1, -0.05) is 94.1 Å². The smallest absolute Gasteiger partial charge is 0.0556 e. The van der Waals surface area contributed by atoms with Gasteiger partial charge in [-0.3, -0.25) is 0 Å². The maximum Gasteiger partial charge on any atom is 0.0556 e. The van der Waals surface area contributed by atoms with Crippen molar-refractivity contribution in [3.63, 3.8) is 0 Å². The lowest BCUT2D eigenvalue weighted by Gasteiger charge is -2.10. The van der Waals surface area contributed by atoms with Crippen molar-refractivity contribution in [1.82, 2.24) is 0 Å². The maximum absolute atomic E-state index is 6.47. The van der Waals surface area contributed by atoms with E-state index in [1.807, 2.05) is 6.08 Å². The molecule has 0 bridgehead atoms. The van der Waals surface area contributed by atoms with E-state index in [2.05, 4.69) is 77.8 Å². The molecule has 0 fully saturated rings. The largest absolute Gasteiger partial charge is 0.0984 e. The molecule has 0 amide bonds. The molecule has 0 aromatic heterocycles. The lowest BCUT2D eigenvalue weighted by Crippen LogP contribution is -2.29. The van der Waals surface area contributed by atoms with E-state index in [1.165, 1.54) is 17.6 Å². The minimum absolute atomic E-state index is 0.648. The van der Waals surface area contributed by atoms with Gasteiger partial charge in [-0.25, -0.2) is 0 Å². The topological polar surface area (TPSA) is 0 Å². The van der Waals surface area contributed by atoms with E-state index in [-0.39, 0.29) is 0 Å². The van der Waals surface area contributed by atoms with E-state index in [0.29, 0.717) is 5.02 Å². The zero-order valence-electron chi connectivity index (χ0n) is 16.7. The van der Waals surface area contributed by atoms with E-state index in [1.54, 1.807) is 6.08 Å². The van der Waals surface area contributed by atoms with Crippen LogP contribution in [0.1, 0.15) is 56.7 Å². The molecular weight excluding hydrogens is 336 g/mol. The number of allylic oxidation sites excluding steroid dienone is 6. The number of halogens is 1. The summed E-state index contributed by atoms with van der Waals surface area (Å²) >= 11 is 6.47. The lowest BCUT2D eigenvalue weighted by molar-refractivity contribution is 1.02. The van der Waals surface area contributed by atoms with Crippen LogP contribution in [-0.4, -0.2) is 0 Å². The van der Waals surface area contributed by atoms with Gasteiger partial charge in [0, 0.05) is 5.56 Å². The third kappa shape index (κ3) is 5.22. The highest BCUT2D eigenvalue weighted by Crippen LogP contribution is 2.20. The van der Waals surface area contributed by atoms with Crippen molar-refractivity contribution in [3.05, 3.63) is 80.8 Å². The van der Waals surface area contributed by atoms with Crippen molar-refractivity contribution in [2.45, 2.75) is 47.0 Å². The van der Waals surface area contributed by atoms with Crippen molar-refractivity contribution in [2.24, 2.45) is 0 Å². The van der Waals surface area contributed by atoms with Crippen LogP contribution in [-0.2, 0) is 0 Å². The van der Waals surface area contributed by atoms with Gasteiger partial charge in [-0.15, -0.1) is 0 Å². The number of rotatable bonds is 4. The molecule has 0 radical (unpaired) electrons. The van der Waals surface area contributed by atoms with Crippen LogP contribution in [0, 0.1) is 6.92 Å². The van der Waals surface area contributed by atoms with Crippen LogP contribution in [0.5, 0.6) is 0 Å².